The first-order valence-corrected chi connectivity index (χ1v) is 12.3. The maximum absolute atomic E-state index is 11.3. The first-order chi connectivity index (χ1) is 17.1. The van der Waals surface area contributed by atoms with Crippen LogP contribution in [0.15, 0.2) is 77.9 Å². The molecule has 3 aromatic carbocycles. The topological polar surface area (TPSA) is 104 Å². The van der Waals surface area contributed by atoms with Crippen molar-refractivity contribution in [2.24, 2.45) is 5.73 Å². The monoisotopic (exact) mass is 527 g/mol. The molecule has 0 aliphatic carbocycles. The molecule has 6 N–H and O–H groups in total. The molecule has 0 amide bonds. The van der Waals surface area contributed by atoms with Crippen molar-refractivity contribution in [1.82, 2.24) is 0 Å². The predicted octanol–water partition coefficient (Wildman–Crippen LogP) is 3.97. The third kappa shape index (κ3) is 9.90. The van der Waals surface area contributed by atoms with Gasteiger partial charge in [0.1, 0.15) is 5.75 Å². The van der Waals surface area contributed by atoms with Crippen LogP contribution < -0.4 is 51.5 Å². The number of aldehydes is 1. The Morgan fingerprint density at radius 2 is 1.65 bits per heavy atom. The normalized spacial score (nSPS) is 10.6. The Balaban J connectivity index is 0.000000693. The van der Waals surface area contributed by atoms with E-state index in [2.05, 4.69) is 6.58 Å². The molecule has 0 atom stereocenters. The van der Waals surface area contributed by atoms with Crippen LogP contribution in [0.4, 0.5) is 11.4 Å². The Morgan fingerprint density at radius 1 is 1.05 bits per heavy atom. The number of allylic oxidation sites excluding steroid dienone is 4. The quantitative estimate of drug-likeness (QED) is 0.147. The molecule has 0 aliphatic rings. The zero-order valence-corrected chi connectivity index (χ0v) is 25.9. The number of aryl methyl sites for hydroxylation is 1. The molecule has 37 heavy (non-hydrogen) atoms. The number of carbonyl (C=O) groups is 1. The zero-order chi connectivity index (χ0) is 27.4. The Labute approximate surface area is 249 Å². The average molecular weight is 528 g/mol. The molecule has 3 aromatic rings. The molecule has 0 fully saturated rings. The number of hydrogen-bond acceptors (Lipinski definition) is 6. The first-order valence-electron chi connectivity index (χ1n) is 11.9. The van der Waals surface area contributed by atoms with E-state index in [0.717, 1.165) is 38.7 Å². The second-order valence-corrected chi connectivity index (χ2v) is 8.53. The van der Waals surface area contributed by atoms with Crippen LogP contribution in [0.5, 0.6) is 5.75 Å². The minimum absolute atomic E-state index is 0. The number of anilines is 2. The van der Waals surface area contributed by atoms with Gasteiger partial charge in [-0.3, -0.25) is 4.79 Å². The van der Waals surface area contributed by atoms with Crippen molar-refractivity contribution in [1.29, 1.82) is 0 Å². The number of nitrogen functional groups attached to an aromatic ring is 2. The van der Waals surface area contributed by atoms with Gasteiger partial charge in [0.25, 0.3) is 0 Å². The van der Waals surface area contributed by atoms with Gasteiger partial charge in [-0.1, -0.05) is 62.9 Å². The summed E-state index contributed by atoms with van der Waals surface area (Å²) in [6.07, 6.45) is 6.20. The van der Waals surface area contributed by atoms with Crippen molar-refractivity contribution in [2.45, 2.75) is 52.5 Å². The Kier molecular flexibility index (Phi) is 15.6. The fraction of sp³-hybridized carbons (Fsp3) is 0.233. The van der Waals surface area contributed by atoms with Crippen LogP contribution in [0.1, 0.15) is 56.1 Å². The molecule has 0 unspecified atom stereocenters. The van der Waals surface area contributed by atoms with E-state index in [-0.39, 0.29) is 35.7 Å². The molecule has 0 heterocycles. The molecule has 0 radical (unpaired) electrons. The average Bonchev–Trinajstić information content (AvgIpc) is 2.87. The van der Waals surface area contributed by atoms with E-state index in [1.54, 1.807) is 12.1 Å². The molecule has 0 spiro atoms. The van der Waals surface area contributed by atoms with Gasteiger partial charge in [-0.15, -0.1) is 0 Å². The molecule has 3 rings (SSSR count). The molecule has 5 nitrogen and oxygen atoms in total. The molecule has 7 heteroatoms. The van der Waals surface area contributed by atoms with Crippen LogP contribution >= 0.6 is 0 Å². The van der Waals surface area contributed by atoms with E-state index >= 15 is 0 Å². The molecule has 0 saturated carbocycles. The molecule has 0 aromatic heterocycles. The van der Waals surface area contributed by atoms with Gasteiger partial charge >= 0.3 is 29.6 Å². The van der Waals surface area contributed by atoms with E-state index in [1.165, 1.54) is 0 Å². The van der Waals surface area contributed by atoms with E-state index < -0.39 is 0 Å². The molecule has 0 aliphatic heterocycles. The van der Waals surface area contributed by atoms with Crippen molar-refractivity contribution in [2.75, 3.05) is 11.5 Å². The van der Waals surface area contributed by atoms with Crippen LogP contribution in [-0.4, -0.2) is 12.4 Å². The van der Waals surface area contributed by atoms with Gasteiger partial charge in [-0.25, -0.2) is 0 Å². The number of nitrogens with two attached hydrogens (primary N) is 3. The van der Waals surface area contributed by atoms with Gasteiger partial charge in [0.05, 0.1) is 23.0 Å². The first kappa shape index (κ1) is 34.2. The van der Waals surface area contributed by atoms with E-state index in [0.29, 0.717) is 28.4 Å². The zero-order valence-electron chi connectivity index (χ0n) is 23.1. The summed E-state index contributed by atoms with van der Waals surface area (Å²) >= 11 is 5.17. The minimum atomic E-state index is -0.0254. The maximum Gasteiger partial charge on any atom is 1.00 e. The Morgan fingerprint density at radius 3 is 2.19 bits per heavy atom. The van der Waals surface area contributed by atoms with Gasteiger partial charge < -0.3 is 34.6 Å². The smallest absolute Gasteiger partial charge is 0.779 e. The number of hydrogen-bond donors (Lipinski definition) is 3. The third-order valence-electron chi connectivity index (χ3n) is 4.98. The molecular weight excluding hydrogens is 489 g/mol. The predicted molar refractivity (Wildman–Crippen MR) is 158 cm³/mol. The third-order valence-corrected chi connectivity index (χ3v) is 5.32. The second-order valence-electron chi connectivity index (χ2n) is 8.09. The van der Waals surface area contributed by atoms with E-state index in [4.69, 9.17) is 34.6 Å². The molecule has 0 saturated heterocycles. The van der Waals surface area contributed by atoms with Crippen LogP contribution in [0.2, 0.25) is 0 Å². The Bertz CT molecular complexity index is 1270. The number of fused-ring (bicyclic) bond motifs is 1. The van der Waals surface area contributed by atoms with Crippen molar-refractivity contribution >= 4 is 46.6 Å². The molecule has 192 valence electrons. The summed E-state index contributed by atoms with van der Waals surface area (Å²) in [4.78, 5) is 12.0. The van der Waals surface area contributed by atoms with Crippen LogP contribution in [0.3, 0.4) is 0 Å². The van der Waals surface area contributed by atoms with E-state index in [9.17, 15) is 4.79 Å². The fourth-order valence-electron chi connectivity index (χ4n) is 3.26. The summed E-state index contributed by atoms with van der Waals surface area (Å²) in [6, 6.07) is 13.2. The summed E-state index contributed by atoms with van der Waals surface area (Å²) in [5.41, 5.74) is 22.2. The number of carbonyl (C=O) groups excluding carboxylic acids is 1. The maximum atomic E-state index is 11.3. The standard InChI is InChI=1S/C18H23NO2.C10H10N2S.C2H6.Na/c1-6-16(19)8-7-14(5)17-10-13(4)9-15(11-20)18(17)21-12(2)3;11-8-5-9(13)6-3-1-2-4-7(6)10(8)12;1-2;/h6-12H,5,19H2,1-4H3;1-5,13H,11-12H2;1-2H3;/q;;;+1/p-1/b8-7-,16-6+;;;. The number of ether oxygens (including phenoxy) is 1. The van der Waals surface area contributed by atoms with Gasteiger partial charge in [0.2, 0.25) is 0 Å². The van der Waals surface area contributed by atoms with Crippen molar-refractivity contribution in [3.05, 3.63) is 89.7 Å². The summed E-state index contributed by atoms with van der Waals surface area (Å²) in [6.45, 7) is 15.7. The van der Waals surface area contributed by atoms with Crippen molar-refractivity contribution in [3.8, 4) is 5.75 Å². The van der Waals surface area contributed by atoms with Gasteiger partial charge in [-0.05, 0) is 62.4 Å². The largest absolute Gasteiger partial charge is 1.00 e. The summed E-state index contributed by atoms with van der Waals surface area (Å²) in [5, 5.41) is 1.93. The number of rotatable bonds is 6. The van der Waals surface area contributed by atoms with E-state index in [1.807, 2.05) is 90.1 Å². The van der Waals surface area contributed by atoms with Gasteiger partial charge in [0, 0.05) is 16.6 Å². The number of benzene rings is 3. The summed E-state index contributed by atoms with van der Waals surface area (Å²) in [7, 11) is 0. The van der Waals surface area contributed by atoms with Crippen LogP contribution in [0.25, 0.3) is 16.3 Å². The van der Waals surface area contributed by atoms with Crippen LogP contribution in [-0.2, 0) is 12.6 Å². The van der Waals surface area contributed by atoms with Crippen molar-refractivity contribution in [3.63, 3.8) is 0 Å². The molecule has 0 bridgehead atoms. The van der Waals surface area contributed by atoms with Crippen LogP contribution in [0, 0.1) is 6.92 Å². The van der Waals surface area contributed by atoms with Gasteiger partial charge in [-0.2, -0.15) is 4.90 Å². The van der Waals surface area contributed by atoms with Crippen molar-refractivity contribution < 1.29 is 39.1 Å². The SMILES string of the molecule is C=C(/C=C\C(N)=C/C)c1cc(C)cc(C=O)c1OC(C)C.CC.Nc1cc([S-])c2ccccc2c1N.[Na+]. The fourth-order valence-corrected chi connectivity index (χ4v) is 3.57. The Hall–Kier alpha value is -2.77. The minimum Gasteiger partial charge on any atom is -0.779 e. The second kappa shape index (κ2) is 16.9. The summed E-state index contributed by atoms with van der Waals surface area (Å²) < 4.78 is 5.80. The summed E-state index contributed by atoms with van der Waals surface area (Å²) in [5.74, 6) is 0.569. The van der Waals surface area contributed by atoms with Gasteiger partial charge in [0.15, 0.2) is 6.29 Å². The molecular formula is C30H38N3NaO2S.